The molecule has 4 unspecified atom stereocenters. The highest BCUT2D eigenvalue weighted by Crippen LogP contribution is 2.50. The molecular weight excluding hydrogens is 250 g/mol. The Morgan fingerprint density at radius 3 is 1.40 bits per heavy atom. The summed E-state index contributed by atoms with van der Waals surface area (Å²) in [5.41, 5.74) is 0. The van der Waals surface area contributed by atoms with E-state index in [2.05, 4.69) is 27.7 Å². The topological polar surface area (TPSA) is 37.4 Å². The summed E-state index contributed by atoms with van der Waals surface area (Å²) in [4.78, 5) is 25.8. The van der Waals surface area contributed by atoms with Gasteiger partial charge in [-0.2, -0.15) is 0 Å². The zero-order valence-electron chi connectivity index (χ0n) is 13.1. The van der Waals surface area contributed by atoms with Crippen LogP contribution in [-0.2, 0) is 9.59 Å². The highest BCUT2D eigenvalue weighted by atomic mass is 16.2. The van der Waals surface area contributed by atoms with Gasteiger partial charge < -0.3 is 0 Å². The summed E-state index contributed by atoms with van der Waals surface area (Å²) in [6, 6.07) is 0.106. The summed E-state index contributed by atoms with van der Waals surface area (Å²) in [6.45, 7) is 8.89. The molecule has 1 heterocycles. The molecule has 2 aliphatic rings. The van der Waals surface area contributed by atoms with Gasteiger partial charge in [-0.25, -0.2) is 0 Å². The minimum atomic E-state index is -0.108. The average Bonchev–Trinajstić information content (AvgIpc) is 2.94. The normalized spacial score (nSPS) is 37.2. The first-order valence-corrected chi connectivity index (χ1v) is 8.15. The van der Waals surface area contributed by atoms with Gasteiger partial charge in [-0.15, -0.1) is 0 Å². The molecule has 3 nitrogen and oxygen atoms in total. The molecule has 0 bridgehead atoms. The predicted molar refractivity (Wildman–Crippen MR) is 79.9 cm³/mol. The van der Waals surface area contributed by atoms with E-state index in [9.17, 15) is 9.59 Å². The fourth-order valence-electron chi connectivity index (χ4n) is 4.85. The highest BCUT2D eigenvalue weighted by molar-refractivity contribution is 6.13. The molecule has 2 amide bonds. The number of imide groups is 1. The van der Waals surface area contributed by atoms with E-state index in [1.807, 2.05) is 0 Å². The summed E-state index contributed by atoms with van der Waals surface area (Å²) in [7, 11) is 0. The number of carbonyl (C=O) groups is 2. The molecule has 4 atom stereocenters. The molecule has 112 valence electrons. The van der Waals surface area contributed by atoms with E-state index in [-0.39, 0.29) is 17.9 Å². The molecule has 0 radical (unpaired) electrons. The maximum Gasteiger partial charge on any atom is 0.253 e. The van der Waals surface area contributed by atoms with E-state index >= 15 is 0 Å². The van der Waals surface area contributed by atoms with Crippen LogP contribution in [0.15, 0.2) is 12.2 Å². The smallest absolute Gasteiger partial charge is 0.253 e. The molecule has 1 saturated carbocycles. The standard InChI is InChI=1S/C17H27NO2/c1-5-11-12(6-2)14(8-4)17(13(11)7-3)18-15(19)9-10-16(18)20/h9-14,17H,5-8H2,1-4H3. The first-order chi connectivity index (χ1) is 9.60. The Labute approximate surface area is 122 Å². The number of carbonyl (C=O) groups excluding carboxylic acids is 2. The summed E-state index contributed by atoms with van der Waals surface area (Å²) in [6.07, 6.45) is 7.26. The SMILES string of the molecule is CCC1C(CC)C(CC)C(N2C(=O)C=CC2=O)C1CC. The molecule has 1 aliphatic carbocycles. The lowest BCUT2D eigenvalue weighted by atomic mass is 9.82. The molecule has 0 N–H and O–H groups in total. The number of nitrogens with zero attached hydrogens (tertiary/aromatic N) is 1. The van der Waals surface area contributed by atoms with Gasteiger partial charge in [-0.3, -0.25) is 14.5 Å². The fraction of sp³-hybridized carbons (Fsp3) is 0.765. The Hall–Kier alpha value is -1.12. The number of hydrogen-bond donors (Lipinski definition) is 0. The lowest BCUT2D eigenvalue weighted by Gasteiger charge is -2.33. The number of rotatable bonds is 5. The molecule has 1 fully saturated rings. The van der Waals surface area contributed by atoms with Crippen LogP contribution in [0.3, 0.4) is 0 Å². The van der Waals surface area contributed by atoms with Crippen molar-refractivity contribution in [1.82, 2.24) is 4.90 Å². The van der Waals surface area contributed by atoms with Crippen molar-refractivity contribution in [3.05, 3.63) is 12.2 Å². The second kappa shape index (κ2) is 6.11. The van der Waals surface area contributed by atoms with Crippen LogP contribution in [0.4, 0.5) is 0 Å². The van der Waals surface area contributed by atoms with Gasteiger partial charge in [0.05, 0.1) is 0 Å². The zero-order valence-corrected chi connectivity index (χ0v) is 13.1. The quantitative estimate of drug-likeness (QED) is 0.722. The van der Waals surface area contributed by atoms with Gasteiger partial charge in [0, 0.05) is 18.2 Å². The predicted octanol–water partition coefficient (Wildman–Crippen LogP) is 3.40. The number of amides is 2. The van der Waals surface area contributed by atoms with Gasteiger partial charge >= 0.3 is 0 Å². The third-order valence-corrected chi connectivity index (χ3v) is 5.55. The van der Waals surface area contributed by atoms with Gasteiger partial charge in [0.1, 0.15) is 0 Å². The molecule has 0 aromatic rings. The van der Waals surface area contributed by atoms with Crippen molar-refractivity contribution in [2.24, 2.45) is 23.7 Å². The van der Waals surface area contributed by atoms with Gasteiger partial charge in [0.25, 0.3) is 11.8 Å². The Morgan fingerprint density at radius 2 is 1.10 bits per heavy atom. The van der Waals surface area contributed by atoms with Crippen LogP contribution in [0.25, 0.3) is 0 Å². The molecule has 1 aliphatic heterocycles. The minimum absolute atomic E-state index is 0.106. The summed E-state index contributed by atoms with van der Waals surface area (Å²) in [5, 5.41) is 0. The Bertz CT molecular complexity index is 379. The van der Waals surface area contributed by atoms with Crippen LogP contribution in [-0.4, -0.2) is 22.8 Å². The van der Waals surface area contributed by atoms with E-state index < -0.39 is 0 Å². The van der Waals surface area contributed by atoms with Crippen molar-refractivity contribution >= 4 is 11.8 Å². The van der Waals surface area contributed by atoms with Crippen LogP contribution in [0.2, 0.25) is 0 Å². The monoisotopic (exact) mass is 277 g/mol. The molecule has 0 saturated heterocycles. The fourth-order valence-corrected chi connectivity index (χ4v) is 4.85. The maximum atomic E-state index is 12.1. The van der Waals surface area contributed by atoms with Gasteiger partial charge in [0.2, 0.25) is 0 Å². The van der Waals surface area contributed by atoms with Crippen LogP contribution >= 0.6 is 0 Å². The van der Waals surface area contributed by atoms with Gasteiger partial charge in [0.15, 0.2) is 0 Å². The molecule has 0 aromatic carbocycles. The molecule has 0 spiro atoms. The summed E-state index contributed by atoms with van der Waals surface area (Å²) >= 11 is 0. The third-order valence-electron chi connectivity index (χ3n) is 5.55. The molecule has 0 aromatic heterocycles. The first-order valence-electron chi connectivity index (χ1n) is 8.15. The van der Waals surface area contributed by atoms with Crippen molar-refractivity contribution in [1.29, 1.82) is 0 Å². The van der Waals surface area contributed by atoms with E-state index in [4.69, 9.17) is 0 Å². The van der Waals surface area contributed by atoms with Crippen molar-refractivity contribution < 1.29 is 9.59 Å². The van der Waals surface area contributed by atoms with Crippen molar-refractivity contribution in [2.45, 2.75) is 59.4 Å². The lowest BCUT2D eigenvalue weighted by Crippen LogP contribution is -2.46. The molecule has 2 rings (SSSR count). The van der Waals surface area contributed by atoms with Crippen LogP contribution in [0.5, 0.6) is 0 Å². The average molecular weight is 277 g/mol. The van der Waals surface area contributed by atoms with Crippen LogP contribution < -0.4 is 0 Å². The summed E-state index contributed by atoms with van der Waals surface area (Å²) in [5.74, 6) is 1.99. The molecular formula is C17H27NO2. The second-order valence-electron chi connectivity index (χ2n) is 6.16. The Balaban J connectivity index is 2.37. The second-order valence-corrected chi connectivity index (χ2v) is 6.16. The Kier molecular flexibility index (Phi) is 4.66. The van der Waals surface area contributed by atoms with Crippen LogP contribution in [0, 0.1) is 23.7 Å². The van der Waals surface area contributed by atoms with E-state index in [0.29, 0.717) is 23.7 Å². The minimum Gasteiger partial charge on any atom is -0.272 e. The first kappa shape index (κ1) is 15.3. The van der Waals surface area contributed by atoms with E-state index in [1.54, 1.807) is 4.90 Å². The maximum absolute atomic E-state index is 12.1. The highest BCUT2D eigenvalue weighted by Gasteiger charge is 2.51. The summed E-state index contributed by atoms with van der Waals surface area (Å²) < 4.78 is 0. The van der Waals surface area contributed by atoms with Gasteiger partial charge in [-0.1, -0.05) is 53.4 Å². The van der Waals surface area contributed by atoms with Crippen molar-refractivity contribution in [3.63, 3.8) is 0 Å². The van der Waals surface area contributed by atoms with Crippen LogP contribution in [0.1, 0.15) is 53.4 Å². The van der Waals surface area contributed by atoms with Crippen molar-refractivity contribution in [3.8, 4) is 0 Å². The van der Waals surface area contributed by atoms with Crippen molar-refractivity contribution in [2.75, 3.05) is 0 Å². The largest absolute Gasteiger partial charge is 0.272 e. The lowest BCUT2D eigenvalue weighted by molar-refractivity contribution is -0.141. The molecule has 20 heavy (non-hydrogen) atoms. The van der Waals surface area contributed by atoms with E-state index in [0.717, 1.165) is 25.7 Å². The zero-order chi connectivity index (χ0) is 14.9. The third kappa shape index (κ3) is 2.21. The number of hydrogen-bond acceptors (Lipinski definition) is 2. The van der Waals surface area contributed by atoms with E-state index in [1.165, 1.54) is 12.2 Å². The molecule has 3 heteroatoms. The Morgan fingerprint density at radius 1 is 0.750 bits per heavy atom. The van der Waals surface area contributed by atoms with Gasteiger partial charge in [-0.05, 0) is 23.7 Å².